The molecule has 0 fully saturated rings. The first-order chi connectivity index (χ1) is 10.3. The molecule has 0 unspecified atom stereocenters. The molecule has 0 N–H and O–H groups in total. The minimum absolute atomic E-state index is 0.224. The maximum absolute atomic E-state index is 12.2. The number of hydrogen-bond acceptors (Lipinski definition) is 5. The highest BCUT2D eigenvalue weighted by molar-refractivity contribution is 8.20. The average Bonchev–Trinajstić information content (AvgIpc) is 2.79. The van der Waals surface area contributed by atoms with Gasteiger partial charge in [-0.15, -0.1) is 0 Å². The van der Waals surface area contributed by atoms with Crippen LogP contribution in [-0.4, -0.2) is 20.1 Å². The molecule has 0 amide bonds. The summed E-state index contributed by atoms with van der Waals surface area (Å²) in [5.74, 6) is -0.224. The second kappa shape index (κ2) is 8.67. The fourth-order valence-electron chi connectivity index (χ4n) is 2.13. The van der Waals surface area contributed by atoms with Gasteiger partial charge in [0.1, 0.15) is 12.0 Å². The van der Waals surface area contributed by atoms with Gasteiger partial charge in [0.2, 0.25) is 4.32 Å². The van der Waals surface area contributed by atoms with E-state index in [1.165, 1.54) is 12.8 Å². The molecule has 1 heterocycles. The van der Waals surface area contributed by atoms with Crippen molar-refractivity contribution >= 4 is 34.6 Å². The Morgan fingerprint density at radius 2 is 2.05 bits per heavy atom. The van der Waals surface area contributed by atoms with Gasteiger partial charge in [0, 0.05) is 5.69 Å². The van der Waals surface area contributed by atoms with Crippen LogP contribution in [0, 0.1) is 19.3 Å². The lowest BCUT2D eigenvalue weighted by atomic mass is 9.87. The van der Waals surface area contributed by atoms with Crippen LogP contribution < -0.4 is 0 Å². The van der Waals surface area contributed by atoms with Crippen molar-refractivity contribution in [1.82, 2.24) is 9.78 Å². The Labute approximate surface area is 143 Å². The number of nitrogens with zero attached hydrogens (tertiary/aromatic N) is 2. The third-order valence-electron chi connectivity index (χ3n) is 3.58. The van der Waals surface area contributed by atoms with E-state index < -0.39 is 5.41 Å². The summed E-state index contributed by atoms with van der Waals surface area (Å²) < 4.78 is 7.37. The number of carbonyl (C=O) groups is 1. The van der Waals surface area contributed by atoms with Crippen LogP contribution in [0.1, 0.15) is 64.3 Å². The average molecular weight is 343 g/mol. The Kier molecular flexibility index (Phi) is 7.56. The molecule has 0 radical (unpaired) electrons. The molecule has 0 aliphatic carbocycles. The van der Waals surface area contributed by atoms with Crippen LogP contribution in [-0.2, 0) is 8.98 Å². The van der Waals surface area contributed by atoms with Gasteiger partial charge < -0.3 is 4.18 Å². The quantitative estimate of drug-likeness (QED) is 0.421. The maximum Gasteiger partial charge on any atom is 0.323 e. The van der Waals surface area contributed by atoms with Crippen molar-refractivity contribution in [3.8, 4) is 0 Å². The van der Waals surface area contributed by atoms with Crippen LogP contribution >= 0.6 is 24.3 Å². The molecule has 0 saturated heterocycles. The van der Waals surface area contributed by atoms with Gasteiger partial charge in [0.15, 0.2) is 0 Å². The summed E-state index contributed by atoms with van der Waals surface area (Å²) in [6, 6.07) is 1.94. The molecular formula is C16H26N2O2S2. The molecule has 4 nitrogen and oxygen atoms in total. The van der Waals surface area contributed by atoms with Crippen LogP contribution in [0.15, 0.2) is 6.07 Å². The van der Waals surface area contributed by atoms with E-state index in [0.717, 1.165) is 42.7 Å². The first-order valence-corrected chi connectivity index (χ1v) is 8.89. The minimum atomic E-state index is -0.481. The third-order valence-corrected chi connectivity index (χ3v) is 4.51. The monoisotopic (exact) mass is 342 g/mol. The van der Waals surface area contributed by atoms with Crippen LogP contribution in [0.5, 0.6) is 0 Å². The predicted molar refractivity (Wildman–Crippen MR) is 95.9 cm³/mol. The van der Waals surface area contributed by atoms with Crippen LogP contribution in [0.25, 0.3) is 0 Å². The molecule has 1 aromatic heterocycles. The van der Waals surface area contributed by atoms with Gasteiger partial charge in [-0.1, -0.05) is 32.6 Å². The topological polar surface area (TPSA) is 44.1 Å². The van der Waals surface area contributed by atoms with Crippen LogP contribution in [0.4, 0.5) is 0 Å². The smallest absolute Gasteiger partial charge is 0.323 e. The summed E-state index contributed by atoms with van der Waals surface area (Å²) in [6.45, 7) is 9.85. The van der Waals surface area contributed by atoms with E-state index in [0.29, 0.717) is 4.32 Å². The Morgan fingerprint density at radius 3 is 2.59 bits per heavy atom. The molecule has 22 heavy (non-hydrogen) atoms. The Bertz CT molecular complexity index is 524. The molecule has 0 aliphatic rings. The summed E-state index contributed by atoms with van der Waals surface area (Å²) in [6.07, 6.45) is 5.44. The fraction of sp³-hybridized carbons (Fsp3) is 0.688. The summed E-state index contributed by atoms with van der Waals surface area (Å²) >= 11 is 6.19. The normalized spacial score (nSPS) is 11.5. The van der Waals surface area contributed by atoms with E-state index in [1.807, 2.05) is 33.8 Å². The number of unbranched alkanes of at least 4 members (excludes halogenated alkanes) is 3. The number of thiocarbonyl (C=S) groups is 1. The van der Waals surface area contributed by atoms with Gasteiger partial charge in [-0.2, -0.15) is 5.10 Å². The summed E-state index contributed by atoms with van der Waals surface area (Å²) in [4.78, 5) is 12.2. The lowest BCUT2D eigenvalue weighted by Crippen LogP contribution is -2.25. The molecule has 0 aliphatic heterocycles. The summed E-state index contributed by atoms with van der Waals surface area (Å²) in [7, 11) is 0. The molecule has 0 bridgehead atoms. The third kappa shape index (κ3) is 5.72. The lowest BCUT2D eigenvalue weighted by Gasteiger charge is -2.21. The molecule has 1 rings (SSSR count). The second-order valence-electron chi connectivity index (χ2n) is 6.25. The minimum Gasteiger partial charge on any atom is -0.383 e. The van der Waals surface area contributed by atoms with E-state index >= 15 is 0 Å². The largest absolute Gasteiger partial charge is 0.383 e. The first-order valence-electron chi connectivity index (χ1n) is 7.74. The van der Waals surface area contributed by atoms with Crippen molar-refractivity contribution in [1.29, 1.82) is 0 Å². The summed E-state index contributed by atoms with van der Waals surface area (Å²) in [5.41, 5.74) is 1.35. The van der Waals surface area contributed by atoms with Gasteiger partial charge in [0.25, 0.3) is 0 Å². The van der Waals surface area contributed by atoms with Crippen molar-refractivity contribution in [2.24, 2.45) is 5.41 Å². The van der Waals surface area contributed by atoms with Crippen molar-refractivity contribution in [3.63, 3.8) is 0 Å². The molecule has 1 aromatic rings. The van der Waals surface area contributed by atoms with Gasteiger partial charge in [-0.05, 0) is 52.4 Å². The first kappa shape index (κ1) is 19.2. The van der Waals surface area contributed by atoms with Gasteiger partial charge in [-0.3, -0.25) is 4.79 Å². The highest BCUT2D eigenvalue weighted by Crippen LogP contribution is 2.28. The van der Waals surface area contributed by atoms with Crippen molar-refractivity contribution in [2.75, 3.05) is 0 Å². The van der Waals surface area contributed by atoms with E-state index in [-0.39, 0.29) is 5.97 Å². The van der Waals surface area contributed by atoms with E-state index in [2.05, 4.69) is 12.0 Å². The Morgan fingerprint density at radius 1 is 1.36 bits per heavy atom. The zero-order valence-electron chi connectivity index (χ0n) is 14.1. The van der Waals surface area contributed by atoms with Gasteiger partial charge >= 0.3 is 5.97 Å². The number of aryl methyl sites for hydroxylation is 2. The Balaban J connectivity index is 2.47. The number of hydrogen-bond donors (Lipinski definition) is 0. The van der Waals surface area contributed by atoms with E-state index in [4.69, 9.17) is 16.4 Å². The molecule has 6 heteroatoms. The van der Waals surface area contributed by atoms with Crippen molar-refractivity contribution in [2.45, 2.75) is 66.7 Å². The highest BCUT2D eigenvalue weighted by atomic mass is 32.2. The molecule has 0 saturated carbocycles. The zero-order valence-corrected chi connectivity index (χ0v) is 15.8. The molecule has 0 atom stereocenters. The zero-order chi connectivity index (χ0) is 16.8. The summed E-state index contributed by atoms with van der Waals surface area (Å²) in [5, 5.41) is 4.28. The fourth-order valence-corrected chi connectivity index (χ4v) is 3.05. The van der Waals surface area contributed by atoms with Gasteiger partial charge in [-0.25, -0.2) is 4.68 Å². The number of carbonyl (C=O) groups excluding carboxylic acids is 1. The van der Waals surface area contributed by atoms with E-state index in [9.17, 15) is 4.79 Å². The van der Waals surface area contributed by atoms with Gasteiger partial charge in [0.05, 0.1) is 11.1 Å². The molecule has 0 spiro atoms. The highest BCUT2D eigenvalue weighted by Gasteiger charge is 2.29. The SMILES string of the molecule is CCCCCCC(C)(C)C(=O)OSC(=S)n1nc(C)cc1C. The maximum atomic E-state index is 12.2. The van der Waals surface area contributed by atoms with Crippen molar-refractivity contribution < 1.29 is 8.98 Å². The van der Waals surface area contributed by atoms with Crippen LogP contribution in [0.3, 0.4) is 0 Å². The number of aromatic nitrogens is 2. The molecule has 124 valence electrons. The lowest BCUT2D eigenvalue weighted by molar-refractivity contribution is -0.142. The van der Waals surface area contributed by atoms with E-state index in [1.54, 1.807) is 4.68 Å². The predicted octanol–water partition coefficient (Wildman–Crippen LogP) is 4.82. The Hall–Kier alpha value is -0.880. The molecule has 0 aromatic carbocycles. The number of rotatable bonds is 6. The second-order valence-corrected chi connectivity index (χ2v) is 7.62. The standard InChI is InChI=1S/C16H26N2O2S2/c1-6-7-8-9-10-16(4,5)14(19)20-22-15(21)18-13(3)11-12(2)17-18/h11H,6-10H2,1-5H3. The van der Waals surface area contributed by atoms with Crippen LogP contribution in [0.2, 0.25) is 0 Å². The van der Waals surface area contributed by atoms with Crippen molar-refractivity contribution in [3.05, 3.63) is 17.5 Å². The molecular weight excluding hydrogens is 316 g/mol.